The van der Waals surface area contributed by atoms with Crippen LogP contribution < -0.4 is 40.1 Å². The van der Waals surface area contributed by atoms with E-state index in [2.05, 4.69) is 24.4 Å². The Bertz CT molecular complexity index is 423. The molecule has 1 aliphatic heterocycles. The van der Waals surface area contributed by atoms with Gasteiger partial charge >= 0.3 is 0 Å². The molecule has 1 saturated heterocycles. The fraction of sp³-hybridized carbons (Fsp3) is 0.462. The summed E-state index contributed by atoms with van der Waals surface area (Å²) in [5.74, 6) is 4.85. The largest absolute Gasteiger partial charge is 1.00 e. The fourth-order valence-corrected chi connectivity index (χ4v) is 2.17. The van der Waals surface area contributed by atoms with Crippen LogP contribution in [0.4, 0.5) is 5.69 Å². The quantitative estimate of drug-likeness (QED) is 0.193. The first-order valence-corrected chi connectivity index (χ1v) is 6.20. The van der Waals surface area contributed by atoms with Gasteiger partial charge in [0.05, 0.1) is 40.3 Å². The highest BCUT2D eigenvalue weighted by Crippen LogP contribution is 2.18. The molecule has 0 atom stereocenters. The van der Waals surface area contributed by atoms with Gasteiger partial charge < -0.3 is 33.4 Å². The van der Waals surface area contributed by atoms with Crippen molar-refractivity contribution in [1.29, 1.82) is 0 Å². The van der Waals surface area contributed by atoms with E-state index < -0.39 is 0 Å². The van der Waals surface area contributed by atoms with Gasteiger partial charge in [0.1, 0.15) is 0 Å². The zero-order valence-corrected chi connectivity index (χ0v) is 13.6. The summed E-state index contributed by atoms with van der Waals surface area (Å²) >= 11 is 0. The summed E-state index contributed by atoms with van der Waals surface area (Å²) in [6.07, 6.45) is 0. The summed E-state index contributed by atoms with van der Waals surface area (Å²) in [5, 5.41) is 0. The molecular formula is C13H21IN4O. The lowest BCUT2D eigenvalue weighted by atomic mass is 10.1. The molecule has 0 saturated carbocycles. The number of halogens is 1. The van der Waals surface area contributed by atoms with Crippen molar-refractivity contribution >= 4 is 11.6 Å². The number of nitrogens with one attached hydrogen (secondary N) is 1. The number of carbonyl (C=O) groups excluding carboxylic acids is 1. The third-order valence-corrected chi connectivity index (χ3v) is 3.58. The minimum atomic E-state index is -0.252. The molecule has 106 valence electrons. The van der Waals surface area contributed by atoms with Crippen LogP contribution >= 0.6 is 0 Å². The van der Waals surface area contributed by atoms with Crippen LogP contribution in [-0.2, 0) is 0 Å². The Morgan fingerprint density at radius 3 is 2.21 bits per heavy atom. The Kier molecular flexibility index (Phi) is 5.57. The number of amides is 1. The van der Waals surface area contributed by atoms with Gasteiger partial charge in [-0.25, -0.2) is 5.84 Å². The van der Waals surface area contributed by atoms with Gasteiger partial charge in [-0.15, -0.1) is 0 Å². The average Bonchev–Trinajstić information content (AvgIpc) is 2.38. The first-order chi connectivity index (χ1) is 8.52. The van der Waals surface area contributed by atoms with E-state index >= 15 is 0 Å². The Hall–Kier alpha value is -0.860. The molecule has 1 aromatic rings. The molecule has 1 aromatic carbocycles. The zero-order valence-electron chi connectivity index (χ0n) is 11.4. The number of carbonyl (C=O) groups is 1. The van der Waals surface area contributed by atoms with E-state index in [1.54, 1.807) is 0 Å². The Morgan fingerprint density at radius 2 is 1.74 bits per heavy atom. The third kappa shape index (κ3) is 4.05. The minimum absolute atomic E-state index is 0. The molecule has 6 heteroatoms. The second kappa shape index (κ2) is 6.53. The monoisotopic (exact) mass is 376 g/mol. The Morgan fingerprint density at radius 1 is 1.21 bits per heavy atom. The van der Waals surface area contributed by atoms with Gasteiger partial charge in [0.2, 0.25) is 0 Å². The molecule has 5 nitrogen and oxygen atoms in total. The van der Waals surface area contributed by atoms with Crippen LogP contribution in [0.25, 0.3) is 0 Å². The number of hydrogen-bond acceptors (Lipinski definition) is 3. The van der Waals surface area contributed by atoms with E-state index in [0.717, 1.165) is 30.7 Å². The number of hydrazine groups is 1. The highest BCUT2D eigenvalue weighted by Gasteiger charge is 2.24. The SMILES string of the molecule is C[N+]1(C)CCN(c2ccc(C(=O)NN)cc2)CC1.[I-]. The molecule has 0 unspecified atom stereocenters. The van der Waals surface area contributed by atoms with Crippen molar-refractivity contribution in [3.63, 3.8) is 0 Å². The second-order valence-corrected chi connectivity index (χ2v) is 5.39. The molecule has 1 heterocycles. The van der Waals surface area contributed by atoms with Crippen molar-refractivity contribution in [2.45, 2.75) is 0 Å². The number of piperazine rings is 1. The lowest BCUT2D eigenvalue weighted by Gasteiger charge is -2.40. The van der Waals surface area contributed by atoms with E-state index in [1.165, 1.54) is 5.69 Å². The predicted molar refractivity (Wildman–Crippen MR) is 72.2 cm³/mol. The van der Waals surface area contributed by atoms with Crippen LogP contribution in [0.15, 0.2) is 24.3 Å². The van der Waals surface area contributed by atoms with E-state index in [1.807, 2.05) is 24.3 Å². The number of rotatable bonds is 2. The second-order valence-electron chi connectivity index (χ2n) is 5.39. The predicted octanol–water partition coefficient (Wildman–Crippen LogP) is -2.81. The highest BCUT2D eigenvalue weighted by atomic mass is 127. The fourth-order valence-electron chi connectivity index (χ4n) is 2.17. The number of quaternary nitrogens is 1. The molecule has 19 heavy (non-hydrogen) atoms. The summed E-state index contributed by atoms with van der Waals surface area (Å²) in [7, 11) is 4.51. The summed E-state index contributed by atoms with van der Waals surface area (Å²) in [6, 6.07) is 7.59. The summed E-state index contributed by atoms with van der Waals surface area (Å²) < 4.78 is 1.07. The Balaban J connectivity index is 0.00000180. The number of nitrogens with two attached hydrogens (primary N) is 1. The molecule has 0 aromatic heterocycles. The molecule has 3 N–H and O–H groups in total. The number of nitrogens with zero attached hydrogens (tertiary/aromatic N) is 2. The minimum Gasteiger partial charge on any atom is -1.00 e. The van der Waals surface area contributed by atoms with Crippen molar-refractivity contribution in [3.8, 4) is 0 Å². The molecule has 1 fully saturated rings. The van der Waals surface area contributed by atoms with Gasteiger partial charge in [-0.1, -0.05) is 0 Å². The van der Waals surface area contributed by atoms with Crippen LogP contribution in [0.3, 0.4) is 0 Å². The molecule has 0 radical (unpaired) electrons. The van der Waals surface area contributed by atoms with Crippen molar-refractivity contribution in [1.82, 2.24) is 5.43 Å². The van der Waals surface area contributed by atoms with E-state index in [4.69, 9.17) is 5.84 Å². The smallest absolute Gasteiger partial charge is 0.265 e. The molecule has 0 bridgehead atoms. The zero-order chi connectivity index (χ0) is 13.2. The summed E-state index contributed by atoms with van der Waals surface area (Å²) in [5.41, 5.74) is 3.90. The summed E-state index contributed by atoms with van der Waals surface area (Å²) in [4.78, 5) is 13.7. The Labute approximate surface area is 131 Å². The standard InChI is InChI=1S/C13H20N4O.HI/c1-17(2)9-7-16(8-10-17)12-5-3-11(4-6-12)13(18)15-14;/h3-6H,7-10,14H2,1-2H3;1H. The molecular weight excluding hydrogens is 355 g/mol. The molecule has 2 rings (SSSR count). The van der Waals surface area contributed by atoms with Gasteiger partial charge in [0.25, 0.3) is 5.91 Å². The highest BCUT2D eigenvalue weighted by molar-refractivity contribution is 5.94. The first-order valence-electron chi connectivity index (χ1n) is 6.20. The number of hydrogen-bond donors (Lipinski definition) is 2. The van der Waals surface area contributed by atoms with Crippen LogP contribution in [0, 0.1) is 0 Å². The summed E-state index contributed by atoms with van der Waals surface area (Å²) in [6.45, 7) is 4.39. The van der Waals surface area contributed by atoms with Crippen molar-refractivity contribution in [2.24, 2.45) is 5.84 Å². The maximum atomic E-state index is 11.3. The topological polar surface area (TPSA) is 58.4 Å². The molecule has 0 aliphatic carbocycles. The molecule has 1 aliphatic rings. The van der Waals surface area contributed by atoms with Crippen molar-refractivity contribution < 1.29 is 33.3 Å². The number of anilines is 1. The van der Waals surface area contributed by atoms with Crippen LogP contribution in [0.5, 0.6) is 0 Å². The first kappa shape index (κ1) is 16.2. The maximum absolute atomic E-state index is 11.3. The van der Waals surface area contributed by atoms with Crippen molar-refractivity contribution in [3.05, 3.63) is 29.8 Å². The third-order valence-electron chi connectivity index (χ3n) is 3.58. The number of nitrogen functional groups attached to an aromatic ring is 1. The number of likely N-dealkylation sites (N-methyl/N-ethyl adjacent to an activating group) is 1. The van der Waals surface area contributed by atoms with Crippen LogP contribution in [0.1, 0.15) is 10.4 Å². The average molecular weight is 376 g/mol. The van der Waals surface area contributed by atoms with Gasteiger partial charge in [0, 0.05) is 11.3 Å². The van der Waals surface area contributed by atoms with Crippen molar-refractivity contribution in [2.75, 3.05) is 45.2 Å². The lowest BCUT2D eigenvalue weighted by Crippen LogP contribution is -3.00. The van der Waals surface area contributed by atoms with Gasteiger partial charge in [-0.2, -0.15) is 0 Å². The van der Waals surface area contributed by atoms with Gasteiger partial charge in [-0.05, 0) is 24.3 Å². The van der Waals surface area contributed by atoms with Gasteiger partial charge in [0.15, 0.2) is 0 Å². The van der Waals surface area contributed by atoms with Crippen LogP contribution in [0.2, 0.25) is 0 Å². The normalized spacial score (nSPS) is 17.5. The molecule has 0 spiro atoms. The van der Waals surface area contributed by atoms with E-state index in [0.29, 0.717) is 5.56 Å². The van der Waals surface area contributed by atoms with Crippen LogP contribution in [-0.4, -0.2) is 50.7 Å². The lowest BCUT2D eigenvalue weighted by molar-refractivity contribution is -0.890. The molecule has 1 amide bonds. The number of benzene rings is 1. The van der Waals surface area contributed by atoms with Gasteiger partial charge in [-0.3, -0.25) is 10.2 Å². The van der Waals surface area contributed by atoms with E-state index in [-0.39, 0.29) is 29.9 Å². The maximum Gasteiger partial charge on any atom is 0.265 e. The van der Waals surface area contributed by atoms with E-state index in [9.17, 15) is 4.79 Å².